The fourth-order valence-electron chi connectivity index (χ4n) is 4.68. The van der Waals surface area contributed by atoms with Gasteiger partial charge in [-0.1, -0.05) is 42.5 Å². The molecule has 0 radical (unpaired) electrons. The molecule has 2 amide bonds. The largest absolute Gasteiger partial charge is 0.480 e. The number of ketones is 1. The molecule has 1 aliphatic heterocycles. The van der Waals surface area contributed by atoms with Gasteiger partial charge in [0, 0.05) is 32.2 Å². The normalized spacial score (nSPS) is 16.7. The topological polar surface area (TPSA) is 176 Å². The first-order valence-corrected chi connectivity index (χ1v) is 14.9. The fraction of sp³-hybridized carbons (Fsp3) is 0.414. The molecule has 0 aromatic heterocycles. The first kappa shape index (κ1) is 31.6. The predicted octanol–water partition coefficient (Wildman–Crippen LogP) is 2.23. The van der Waals surface area contributed by atoms with Crippen molar-refractivity contribution in [1.29, 1.82) is 0 Å². The van der Waals surface area contributed by atoms with Crippen molar-refractivity contribution in [3.05, 3.63) is 65.7 Å². The van der Waals surface area contributed by atoms with Gasteiger partial charge < -0.3 is 16.2 Å². The number of hydrogen-bond donors (Lipinski definition) is 3. The molecule has 12 heteroatoms. The van der Waals surface area contributed by atoms with E-state index in [0.29, 0.717) is 37.7 Å². The Hall–Kier alpha value is -3.90. The first-order chi connectivity index (χ1) is 19.5. The second-order valence-corrected chi connectivity index (χ2v) is 12.0. The number of aliphatic imine (C=N–C) groups is 1. The van der Waals surface area contributed by atoms with E-state index in [-0.39, 0.29) is 48.2 Å². The fourth-order valence-corrected chi connectivity index (χ4v) is 6.36. The Morgan fingerprint density at radius 1 is 1.02 bits per heavy atom. The summed E-state index contributed by atoms with van der Waals surface area (Å²) in [4.78, 5) is 52.6. The molecular formula is C29H36N4O7S. The quantitative estimate of drug-likeness (QED) is 0.172. The summed E-state index contributed by atoms with van der Waals surface area (Å²) in [6.45, 7) is 1.71. The van der Waals surface area contributed by atoms with Crippen molar-refractivity contribution < 1.29 is 32.7 Å². The Bertz CT molecular complexity index is 1370. The third kappa shape index (κ3) is 9.32. The Kier molecular flexibility index (Phi) is 11.3. The van der Waals surface area contributed by atoms with Crippen molar-refractivity contribution >= 4 is 39.4 Å². The number of carboxylic acids is 1. The molecule has 0 saturated carbocycles. The van der Waals surface area contributed by atoms with Crippen molar-refractivity contribution in [2.45, 2.75) is 75.3 Å². The van der Waals surface area contributed by atoms with E-state index in [2.05, 4.69) is 10.3 Å². The van der Waals surface area contributed by atoms with Crippen LogP contribution in [0.2, 0.25) is 0 Å². The highest BCUT2D eigenvalue weighted by Gasteiger charge is 2.40. The van der Waals surface area contributed by atoms with E-state index >= 15 is 0 Å². The second kappa shape index (κ2) is 14.6. The number of nitrogens with one attached hydrogen (secondary N) is 1. The van der Waals surface area contributed by atoms with E-state index in [1.165, 1.54) is 19.1 Å². The molecule has 1 unspecified atom stereocenters. The Morgan fingerprint density at radius 2 is 1.66 bits per heavy atom. The van der Waals surface area contributed by atoms with Gasteiger partial charge in [0.15, 0.2) is 0 Å². The van der Waals surface area contributed by atoms with Crippen LogP contribution in [0.3, 0.4) is 0 Å². The number of benzene rings is 2. The molecule has 11 nitrogen and oxygen atoms in total. The van der Waals surface area contributed by atoms with Crippen LogP contribution in [0.15, 0.2) is 64.5 Å². The highest BCUT2D eigenvalue weighted by atomic mass is 32.2. The van der Waals surface area contributed by atoms with Crippen LogP contribution in [-0.4, -0.2) is 65.9 Å². The lowest BCUT2D eigenvalue weighted by molar-refractivity contribution is -0.142. The van der Waals surface area contributed by atoms with Gasteiger partial charge in [-0.25, -0.2) is 18.2 Å². The molecule has 1 aliphatic rings. The number of aliphatic carboxylic acids is 1. The number of nitrogens with two attached hydrogens (primary N) is 1. The molecule has 1 fully saturated rings. The van der Waals surface area contributed by atoms with Crippen LogP contribution in [0.1, 0.15) is 56.6 Å². The molecule has 1 saturated heterocycles. The molecular weight excluding hydrogens is 548 g/mol. The number of amidine groups is 1. The number of hydrogen-bond acceptors (Lipinski definition) is 6. The van der Waals surface area contributed by atoms with Gasteiger partial charge in [-0.05, 0) is 55.9 Å². The Balaban J connectivity index is 1.53. The number of rotatable bonds is 14. The summed E-state index contributed by atoms with van der Waals surface area (Å²) < 4.78 is 27.3. The molecule has 2 aromatic carbocycles. The number of unbranched alkanes of at least 4 members (excludes halogenated alkanes) is 1. The third-order valence-electron chi connectivity index (χ3n) is 6.73. The van der Waals surface area contributed by atoms with Crippen molar-refractivity contribution in [2.75, 3.05) is 6.54 Å². The summed E-state index contributed by atoms with van der Waals surface area (Å²) in [6, 6.07) is 12.5. The van der Waals surface area contributed by atoms with Crippen LogP contribution in [0.5, 0.6) is 0 Å². The lowest BCUT2D eigenvalue weighted by Crippen LogP contribution is -2.51. The van der Waals surface area contributed by atoms with Gasteiger partial charge in [0.05, 0.1) is 10.7 Å². The SMILES string of the molecule is CC(N)=NC(=O)CCCCC(=O)Cc1ccc(CC(NC(=O)[C@@H]2CCCN2S(=O)(=O)c2ccccc2)C(=O)O)cc1. The minimum Gasteiger partial charge on any atom is -0.480 e. The van der Waals surface area contributed by atoms with Crippen molar-refractivity contribution in [3.8, 4) is 0 Å². The molecule has 220 valence electrons. The standard InChI is InChI=1S/C29H36N4O7S/c1-20(30)31-27(35)12-6-5-8-23(34)18-21-13-15-22(16-14-21)19-25(29(37)38)32-28(36)26-11-7-17-33(26)41(39,40)24-9-3-2-4-10-24/h2-4,9-10,13-16,25-26H,5-8,11-12,17-19H2,1H3,(H,32,36)(H,37,38)(H2,30,31,35)/t25?,26-/m0/s1. The molecule has 0 spiro atoms. The van der Waals surface area contributed by atoms with Gasteiger partial charge in [-0.15, -0.1) is 0 Å². The van der Waals surface area contributed by atoms with Gasteiger partial charge in [-0.3, -0.25) is 14.4 Å². The maximum atomic E-state index is 13.1. The molecule has 1 heterocycles. The highest BCUT2D eigenvalue weighted by Crippen LogP contribution is 2.26. The van der Waals surface area contributed by atoms with Crippen LogP contribution in [0, 0.1) is 0 Å². The third-order valence-corrected chi connectivity index (χ3v) is 8.65. The lowest BCUT2D eigenvalue weighted by atomic mass is 10.00. The Morgan fingerprint density at radius 3 is 2.29 bits per heavy atom. The van der Waals surface area contributed by atoms with Gasteiger partial charge in [0.1, 0.15) is 17.9 Å². The maximum absolute atomic E-state index is 13.1. The minimum absolute atomic E-state index is 0.00770. The van der Waals surface area contributed by atoms with E-state index in [9.17, 15) is 32.7 Å². The van der Waals surface area contributed by atoms with E-state index in [1.54, 1.807) is 42.5 Å². The number of sulfonamides is 1. The summed E-state index contributed by atoms with van der Waals surface area (Å²) >= 11 is 0. The maximum Gasteiger partial charge on any atom is 0.326 e. The number of amides is 2. The average molecular weight is 585 g/mol. The van der Waals surface area contributed by atoms with Gasteiger partial charge in [-0.2, -0.15) is 4.31 Å². The number of nitrogens with zero attached hydrogens (tertiary/aromatic N) is 2. The zero-order valence-corrected chi connectivity index (χ0v) is 23.8. The predicted molar refractivity (Wildman–Crippen MR) is 153 cm³/mol. The van der Waals surface area contributed by atoms with E-state index in [4.69, 9.17) is 5.73 Å². The molecule has 2 atom stereocenters. The smallest absolute Gasteiger partial charge is 0.326 e. The highest BCUT2D eigenvalue weighted by molar-refractivity contribution is 7.89. The zero-order valence-electron chi connectivity index (χ0n) is 23.0. The summed E-state index contributed by atoms with van der Waals surface area (Å²) in [7, 11) is -3.91. The number of carbonyl (C=O) groups is 4. The number of carbonyl (C=O) groups excluding carboxylic acids is 3. The van der Waals surface area contributed by atoms with Gasteiger partial charge in [0.2, 0.25) is 21.8 Å². The first-order valence-electron chi connectivity index (χ1n) is 13.5. The molecule has 0 bridgehead atoms. The van der Waals surface area contributed by atoms with Crippen molar-refractivity contribution in [1.82, 2.24) is 9.62 Å². The van der Waals surface area contributed by atoms with Crippen LogP contribution in [0.4, 0.5) is 0 Å². The molecule has 4 N–H and O–H groups in total. The number of Topliss-reactive ketones (excluding diaryl/α,β-unsaturated/α-hetero) is 1. The molecule has 0 aliphatic carbocycles. The van der Waals surface area contributed by atoms with E-state index in [0.717, 1.165) is 9.87 Å². The number of carboxylic acid groups (broad SMARTS) is 1. The monoisotopic (exact) mass is 584 g/mol. The summed E-state index contributed by atoms with van der Waals surface area (Å²) in [5, 5.41) is 12.3. The Labute approximate surface area is 239 Å². The minimum atomic E-state index is -3.91. The van der Waals surface area contributed by atoms with Crippen LogP contribution < -0.4 is 11.1 Å². The van der Waals surface area contributed by atoms with Gasteiger partial charge >= 0.3 is 5.97 Å². The van der Waals surface area contributed by atoms with E-state index < -0.39 is 34.0 Å². The second-order valence-electron chi connectivity index (χ2n) is 10.1. The molecule has 3 rings (SSSR count). The van der Waals surface area contributed by atoms with Crippen LogP contribution >= 0.6 is 0 Å². The van der Waals surface area contributed by atoms with Crippen LogP contribution in [0.25, 0.3) is 0 Å². The summed E-state index contributed by atoms with van der Waals surface area (Å²) in [6.07, 6.45) is 2.65. The van der Waals surface area contributed by atoms with Gasteiger partial charge in [0.25, 0.3) is 0 Å². The van der Waals surface area contributed by atoms with E-state index in [1.807, 2.05) is 0 Å². The summed E-state index contributed by atoms with van der Waals surface area (Å²) in [5.41, 5.74) is 6.78. The summed E-state index contributed by atoms with van der Waals surface area (Å²) in [5.74, 6) is -1.96. The van der Waals surface area contributed by atoms with Crippen LogP contribution in [-0.2, 0) is 42.0 Å². The zero-order chi connectivity index (χ0) is 30.0. The molecule has 2 aromatic rings. The van der Waals surface area contributed by atoms with Crippen molar-refractivity contribution in [3.63, 3.8) is 0 Å². The lowest BCUT2D eigenvalue weighted by Gasteiger charge is -2.25. The average Bonchev–Trinajstić information content (AvgIpc) is 3.43. The van der Waals surface area contributed by atoms with Crippen molar-refractivity contribution in [2.24, 2.45) is 10.7 Å². The molecule has 41 heavy (non-hydrogen) atoms.